The zero-order valence-electron chi connectivity index (χ0n) is 8.43. The van der Waals surface area contributed by atoms with Crippen LogP contribution in [0.15, 0.2) is 16.7 Å². The largest absolute Gasteiger partial charge is 0.459 e. The van der Waals surface area contributed by atoms with E-state index in [0.717, 1.165) is 5.75 Å². The summed E-state index contributed by atoms with van der Waals surface area (Å²) in [6.45, 7) is 1.07. The van der Waals surface area contributed by atoms with E-state index in [0.29, 0.717) is 18.7 Å². The lowest BCUT2D eigenvalue weighted by molar-refractivity contribution is 0.0923. The van der Waals surface area contributed by atoms with Crippen LogP contribution in [0.1, 0.15) is 16.1 Å². The summed E-state index contributed by atoms with van der Waals surface area (Å²) in [6.07, 6.45) is 1.41. The van der Waals surface area contributed by atoms with Gasteiger partial charge in [-0.2, -0.15) is 0 Å². The van der Waals surface area contributed by atoms with Crippen LogP contribution in [0.25, 0.3) is 0 Å². The molecule has 86 valence electrons. The summed E-state index contributed by atoms with van der Waals surface area (Å²) in [5.41, 5.74) is 2.67. The number of nitrogens with zero attached hydrogens (tertiary/aromatic N) is 1. The van der Waals surface area contributed by atoms with E-state index in [1.54, 1.807) is 11.0 Å². The second-order valence-electron chi connectivity index (χ2n) is 3.28. The molecule has 1 fully saturated rings. The molecule has 16 heavy (non-hydrogen) atoms. The molecule has 3 N–H and O–H groups in total. The van der Waals surface area contributed by atoms with Crippen LogP contribution in [0, 0.1) is 0 Å². The normalized spacial score (nSPS) is 15.6. The third-order valence-corrected chi connectivity index (χ3v) is 3.18. The monoisotopic (exact) mass is 241 g/mol. The number of thioether (sulfide) groups is 1. The number of amides is 2. The molecule has 0 saturated carbocycles. The molecule has 1 aliphatic heterocycles. The highest BCUT2D eigenvalue weighted by molar-refractivity contribution is 8.13. The average Bonchev–Trinajstić information content (AvgIpc) is 2.88. The Labute approximate surface area is 96.1 Å². The van der Waals surface area contributed by atoms with Gasteiger partial charge in [-0.3, -0.25) is 15.0 Å². The van der Waals surface area contributed by atoms with Crippen molar-refractivity contribution in [3.63, 3.8) is 0 Å². The fourth-order valence-electron chi connectivity index (χ4n) is 1.50. The third kappa shape index (κ3) is 2.05. The summed E-state index contributed by atoms with van der Waals surface area (Å²) < 4.78 is 5.03. The lowest BCUT2D eigenvalue weighted by Gasteiger charge is -2.13. The molecule has 0 unspecified atom stereocenters. The van der Waals surface area contributed by atoms with Gasteiger partial charge in [0.05, 0.1) is 12.8 Å². The Balaban J connectivity index is 2.12. The van der Waals surface area contributed by atoms with Crippen molar-refractivity contribution in [3.8, 4) is 0 Å². The van der Waals surface area contributed by atoms with E-state index in [9.17, 15) is 9.59 Å². The Morgan fingerprint density at radius 1 is 1.69 bits per heavy atom. The number of nitrogens with two attached hydrogens (primary N) is 1. The molecule has 0 aromatic carbocycles. The molecule has 0 bridgehead atoms. The molecule has 2 heterocycles. The van der Waals surface area contributed by atoms with Crippen molar-refractivity contribution >= 4 is 22.9 Å². The van der Waals surface area contributed by atoms with Gasteiger partial charge in [0.1, 0.15) is 0 Å². The molecular formula is C9H11N3O3S. The molecule has 2 amide bonds. The van der Waals surface area contributed by atoms with Gasteiger partial charge in [-0.15, -0.1) is 0 Å². The Kier molecular flexibility index (Phi) is 3.16. The number of carbonyl (C=O) groups excluding carboxylic acids is 2. The first-order valence-corrected chi connectivity index (χ1v) is 5.70. The Bertz CT molecular complexity index is 418. The number of hydrazine groups is 1. The van der Waals surface area contributed by atoms with Gasteiger partial charge in [0.25, 0.3) is 5.24 Å². The molecule has 6 nitrogen and oxygen atoms in total. The van der Waals surface area contributed by atoms with E-state index in [2.05, 4.69) is 0 Å². The van der Waals surface area contributed by atoms with Crippen molar-refractivity contribution in [2.24, 2.45) is 5.84 Å². The molecule has 1 aromatic rings. The standard InChI is InChI=1S/C9H11N3O3S/c10-11-8(13)7-6(1-3-15-7)5-12-2-4-16-9(12)14/h1,3H,2,4-5,10H2,(H,11,13). The van der Waals surface area contributed by atoms with E-state index in [1.807, 2.05) is 5.43 Å². The van der Waals surface area contributed by atoms with Crippen molar-refractivity contribution < 1.29 is 14.0 Å². The molecule has 2 rings (SSSR count). The molecule has 7 heteroatoms. The second kappa shape index (κ2) is 4.58. The van der Waals surface area contributed by atoms with Gasteiger partial charge >= 0.3 is 5.91 Å². The first kappa shape index (κ1) is 11.0. The predicted octanol–water partition coefficient (Wildman–Crippen LogP) is 0.552. The number of nitrogen functional groups attached to an aromatic ring is 1. The summed E-state index contributed by atoms with van der Waals surface area (Å²) in [7, 11) is 0. The van der Waals surface area contributed by atoms with Gasteiger partial charge in [0.2, 0.25) is 0 Å². The molecular weight excluding hydrogens is 230 g/mol. The molecule has 1 aromatic heterocycles. The van der Waals surface area contributed by atoms with E-state index < -0.39 is 5.91 Å². The van der Waals surface area contributed by atoms with E-state index >= 15 is 0 Å². The molecule has 1 aliphatic rings. The summed E-state index contributed by atoms with van der Waals surface area (Å²) in [5.74, 6) is 5.48. The zero-order chi connectivity index (χ0) is 11.5. The SMILES string of the molecule is NNC(=O)c1occc1CN1CCSC1=O. The van der Waals surface area contributed by atoms with Crippen LogP contribution < -0.4 is 11.3 Å². The van der Waals surface area contributed by atoms with Crippen molar-refractivity contribution in [1.29, 1.82) is 0 Å². The van der Waals surface area contributed by atoms with Crippen molar-refractivity contribution in [1.82, 2.24) is 10.3 Å². The maximum absolute atomic E-state index is 11.4. The minimum Gasteiger partial charge on any atom is -0.459 e. The quantitative estimate of drug-likeness (QED) is 0.458. The van der Waals surface area contributed by atoms with Crippen molar-refractivity contribution in [2.45, 2.75) is 6.54 Å². The number of hydrogen-bond donors (Lipinski definition) is 2. The molecule has 0 radical (unpaired) electrons. The lowest BCUT2D eigenvalue weighted by atomic mass is 10.2. The van der Waals surface area contributed by atoms with E-state index in [1.165, 1.54) is 18.0 Å². The third-order valence-electron chi connectivity index (χ3n) is 2.29. The van der Waals surface area contributed by atoms with Crippen LogP contribution >= 0.6 is 11.8 Å². The molecule has 0 spiro atoms. The zero-order valence-corrected chi connectivity index (χ0v) is 9.25. The maximum Gasteiger partial charge on any atom is 0.301 e. The Hall–Kier alpha value is -1.47. The highest BCUT2D eigenvalue weighted by atomic mass is 32.2. The van der Waals surface area contributed by atoms with Crippen LogP contribution in [0.2, 0.25) is 0 Å². The highest BCUT2D eigenvalue weighted by Crippen LogP contribution is 2.21. The van der Waals surface area contributed by atoms with Crippen LogP contribution in [-0.2, 0) is 6.54 Å². The summed E-state index contributed by atoms with van der Waals surface area (Å²) in [5, 5.41) is 0.0281. The lowest BCUT2D eigenvalue weighted by Crippen LogP contribution is -2.31. The number of furan rings is 1. The van der Waals surface area contributed by atoms with Gasteiger partial charge in [0.15, 0.2) is 5.76 Å². The van der Waals surface area contributed by atoms with E-state index in [4.69, 9.17) is 10.3 Å². The van der Waals surface area contributed by atoms with Crippen molar-refractivity contribution in [3.05, 3.63) is 23.7 Å². The Morgan fingerprint density at radius 3 is 3.12 bits per heavy atom. The fraction of sp³-hybridized carbons (Fsp3) is 0.333. The fourth-order valence-corrected chi connectivity index (χ4v) is 2.32. The van der Waals surface area contributed by atoms with Crippen molar-refractivity contribution in [2.75, 3.05) is 12.3 Å². The number of carbonyl (C=O) groups is 2. The molecule has 0 aliphatic carbocycles. The number of nitrogens with one attached hydrogen (secondary N) is 1. The number of hydrogen-bond acceptors (Lipinski definition) is 5. The summed E-state index contributed by atoms with van der Waals surface area (Å²) >= 11 is 1.28. The van der Waals surface area contributed by atoms with Gasteiger partial charge < -0.3 is 9.32 Å². The smallest absolute Gasteiger partial charge is 0.301 e. The van der Waals surface area contributed by atoms with Crippen LogP contribution in [0.4, 0.5) is 4.79 Å². The maximum atomic E-state index is 11.4. The predicted molar refractivity (Wildman–Crippen MR) is 58.6 cm³/mol. The summed E-state index contributed by atoms with van der Waals surface area (Å²) in [6, 6.07) is 1.67. The molecule has 0 atom stereocenters. The topological polar surface area (TPSA) is 88.6 Å². The van der Waals surface area contributed by atoms with Crippen LogP contribution in [0.5, 0.6) is 0 Å². The van der Waals surface area contributed by atoms with Gasteiger partial charge in [-0.25, -0.2) is 5.84 Å². The molecule has 1 saturated heterocycles. The minimum atomic E-state index is -0.487. The summed E-state index contributed by atoms with van der Waals surface area (Å²) in [4.78, 5) is 24.4. The van der Waals surface area contributed by atoms with Gasteiger partial charge in [0, 0.05) is 17.9 Å². The number of rotatable bonds is 3. The van der Waals surface area contributed by atoms with Gasteiger partial charge in [-0.1, -0.05) is 11.8 Å². The first-order chi connectivity index (χ1) is 7.72. The van der Waals surface area contributed by atoms with Gasteiger partial charge in [-0.05, 0) is 6.07 Å². The Morgan fingerprint density at radius 2 is 2.50 bits per heavy atom. The second-order valence-corrected chi connectivity index (χ2v) is 4.33. The van der Waals surface area contributed by atoms with E-state index in [-0.39, 0.29) is 11.0 Å². The highest BCUT2D eigenvalue weighted by Gasteiger charge is 2.24. The van der Waals surface area contributed by atoms with Crippen LogP contribution in [0.3, 0.4) is 0 Å². The average molecular weight is 241 g/mol. The first-order valence-electron chi connectivity index (χ1n) is 4.71. The van der Waals surface area contributed by atoms with Crippen LogP contribution in [-0.4, -0.2) is 28.3 Å². The minimum absolute atomic E-state index is 0.0281.